The number of amides is 2. The predicted molar refractivity (Wildman–Crippen MR) is 129 cm³/mol. The number of hydrogen-bond acceptors (Lipinski definition) is 5. The van der Waals surface area contributed by atoms with Gasteiger partial charge in [-0.1, -0.05) is 34.6 Å². The molecule has 1 aromatic heterocycles. The molecule has 3 N–H and O–H groups in total. The smallest absolute Gasteiger partial charge is 0.404 e. The van der Waals surface area contributed by atoms with Crippen molar-refractivity contribution in [2.75, 3.05) is 5.32 Å². The molecule has 33 heavy (non-hydrogen) atoms. The van der Waals surface area contributed by atoms with E-state index in [2.05, 4.69) is 31.7 Å². The van der Waals surface area contributed by atoms with E-state index in [1.807, 2.05) is 13.8 Å². The fourth-order valence-corrected chi connectivity index (χ4v) is 5.72. The van der Waals surface area contributed by atoms with Crippen molar-refractivity contribution in [1.82, 2.24) is 15.1 Å². The van der Waals surface area contributed by atoms with E-state index in [0.717, 1.165) is 0 Å². The molecule has 0 unspecified atom stereocenters. The third kappa shape index (κ3) is 6.14. The maximum Gasteiger partial charge on any atom is 0.404 e. The Bertz CT molecular complexity index is 1150. The Balaban J connectivity index is 2.50. The average molecular weight is 543 g/mol. The topological polar surface area (TPSA) is 130 Å². The minimum atomic E-state index is -3.92. The number of rotatable bonds is 8. The first-order chi connectivity index (χ1) is 15.2. The number of aromatic nitrogens is 2. The van der Waals surface area contributed by atoms with E-state index >= 15 is 0 Å². The highest BCUT2D eigenvalue weighted by atomic mass is 79.9. The Kier molecular flexibility index (Phi) is 8.34. The average Bonchev–Trinajstić information content (AvgIpc) is 3.05. The van der Waals surface area contributed by atoms with Crippen LogP contribution in [-0.2, 0) is 34.0 Å². The van der Waals surface area contributed by atoms with E-state index in [4.69, 9.17) is 5.11 Å². The molecule has 182 valence electrons. The van der Waals surface area contributed by atoms with Crippen LogP contribution in [0, 0.1) is 5.41 Å². The van der Waals surface area contributed by atoms with Crippen molar-refractivity contribution in [1.29, 1.82) is 0 Å². The summed E-state index contributed by atoms with van der Waals surface area (Å²) in [7, 11) is -3.92. The van der Waals surface area contributed by atoms with Crippen molar-refractivity contribution in [2.45, 2.75) is 76.8 Å². The van der Waals surface area contributed by atoms with Crippen LogP contribution < -0.4 is 10.6 Å². The molecular formula is C22H31BrN4O5S. The number of nitrogens with one attached hydrogen (secondary N) is 2. The molecule has 0 bridgehead atoms. The summed E-state index contributed by atoms with van der Waals surface area (Å²) in [6.07, 6.45) is -0.349. The second-order valence-electron chi connectivity index (χ2n) is 8.81. The third-order valence-electron chi connectivity index (χ3n) is 5.01. The summed E-state index contributed by atoms with van der Waals surface area (Å²) < 4.78 is 29.3. The molecule has 11 heteroatoms. The maximum atomic E-state index is 13.6. The number of benzene rings is 1. The summed E-state index contributed by atoms with van der Waals surface area (Å²) in [4.78, 5) is 23.5. The molecule has 0 aliphatic rings. The van der Waals surface area contributed by atoms with Gasteiger partial charge < -0.3 is 15.7 Å². The van der Waals surface area contributed by atoms with Gasteiger partial charge in [0.1, 0.15) is 4.90 Å². The van der Waals surface area contributed by atoms with E-state index in [0.29, 0.717) is 34.4 Å². The zero-order valence-corrected chi connectivity index (χ0v) is 22.1. The lowest BCUT2D eigenvalue weighted by Crippen LogP contribution is -2.35. The number of carbonyl (C=O) groups is 2. The summed E-state index contributed by atoms with van der Waals surface area (Å²) in [5.74, 6) is -0.189. The maximum absolute atomic E-state index is 13.6. The van der Waals surface area contributed by atoms with Crippen molar-refractivity contribution >= 4 is 43.5 Å². The Morgan fingerprint density at radius 1 is 1.21 bits per heavy atom. The fourth-order valence-electron chi connectivity index (χ4n) is 3.28. The lowest BCUT2D eigenvalue weighted by atomic mass is 9.95. The second-order valence-corrected chi connectivity index (χ2v) is 11.6. The molecule has 0 fully saturated rings. The van der Waals surface area contributed by atoms with Crippen molar-refractivity contribution in [2.24, 2.45) is 5.41 Å². The highest BCUT2D eigenvalue weighted by Gasteiger charge is 2.30. The Labute approximate surface area is 203 Å². The molecule has 2 rings (SSSR count). The Morgan fingerprint density at radius 2 is 1.85 bits per heavy atom. The largest absolute Gasteiger partial charge is 0.465 e. The molecule has 1 aromatic carbocycles. The minimum Gasteiger partial charge on any atom is -0.465 e. The molecule has 0 saturated heterocycles. The van der Waals surface area contributed by atoms with Gasteiger partial charge in [0.25, 0.3) is 0 Å². The van der Waals surface area contributed by atoms with Gasteiger partial charge >= 0.3 is 6.09 Å². The van der Waals surface area contributed by atoms with Crippen molar-refractivity contribution in [3.05, 3.63) is 34.1 Å². The number of carboxylic acid groups (broad SMARTS) is 1. The molecule has 0 spiro atoms. The first-order valence-corrected chi connectivity index (χ1v) is 12.9. The number of hydrogen-bond donors (Lipinski definition) is 3. The highest BCUT2D eigenvalue weighted by molar-refractivity contribution is 9.10. The fraction of sp³-hybridized carbons (Fsp3) is 0.500. The third-order valence-corrected chi connectivity index (χ3v) is 7.55. The molecule has 1 heterocycles. The van der Waals surface area contributed by atoms with Crippen molar-refractivity contribution in [3.63, 3.8) is 0 Å². The number of sulfone groups is 1. The molecule has 0 aliphatic heterocycles. The Morgan fingerprint density at radius 3 is 2.33 bits per heavy atom. The molecule has 0 radical (unpaired) electrons. The van der Waals surface area contributed by atoms with Crippen LogP contribution in [0.3, 0.4) is 0 Å². The zero-order valence-electron chi connectivity index (χ0n) is 19.7. The highest BCUT2D eigenvalue weighted by Crippen LogP contribution is 2.33. The van der Waals surface area contributed by atoms with Crippen LogP contribution in [0.15, 0.2) is 32.5 Å². The number of anilines is 1. The second kappa shape index (κ2) is 10.3. The number of carbonyl (C=O) groups excluding carboxylic acids is 1. The van der Waals surface area contributed by atoms with Gasteiger partial charge in [-0.05, 0) is 53.9 Å². The molecule has 0 saturated carbocycles. The predicted octanol–water partition coefficient (Wildman–Crippen LogP) is 4.24. The standard InChI is InChI=1S/C22H31BrN4O5S/c1-7-16-19(18(8-2)27(26-16)12-13(3)24-21(29)30)33(31,32)14-9-10-17(15(23)11-14)25-20(28)22(4,5)6/h9-11,13,24H,7-8,12H2,1-6H3,(H,25,28)(H,29,30)/t13-/m0/s1. The van der Waals surface area contributed by atoms with Crippen molar-refractivity contribution < 1.29 is 23.1 Å². The van der Waals surface area contributed by atoms with Gasteiger partial charge in [-0.3, -0.25) is 9.48 Å². The quantitative estimate of drug-likeness (QED) is 0.457. The van der Waals surface area contributed by atoms with Crippen LogP contribution in [0.4, 0.5) is 10.5 Å². The lowest BCUT2D eigenvalue weighted by molar-refractivity contribution is -0.123. The molecule has 2 amide bonds. The van der Waals surface area contributed by atoms with Crippen LogP contribution in [-0.4, -0.2) is 41.3 Å². The first-order valence-electron chi connectivity index (χ1n) is 10.7. The van der Waals surface area contributed by atoms with E-state index < -0.39 is 27.4 Å². The monoisotopic (exact) mass is 542 g/mol. The molecule has 1 atom stereocenters. The van der Waals surface area contributed by atoms with Gasteiger partial charge in [0.15, 0.2) is 0 Å². The van der Waals surface area contributed by atoms with Crippen LogP contribution in [0.25, 0.3) is 0 Å². The molecule has 0 aliphatic carbocycles. The zero-order chi connectivity index (χ0) is 25.1. The van der Waals surface area contributed by atoms with Gasteiger partial charge in [0.2, 0.25) is 15.7 Å². The normalized spacial score (nSPS) is 12.9. The van der Waals surface area contributed by atoms with Gasteiger partial charge in [0.05, 0.1) is 28.5 Å². The molecular weight excluding hydrogens is 512 g/mol. The van der Waals surface area contributed by atoms with Gasteiger partial charge in [-0.15, -0.1) is 0 Å². The Hall–Kier alpha value is -2.40. The number of halogens is 1. The molecule has 2 aromatic rings. The summed E-state index contributed by atoms with van der Waals surface area (Å²) in [6, 6.07) is 4.04. The van der Waals surface area contributed by atoms with Gasteiger partial charge in [0, 0.05) is 15.9 Å². The summed E-state index contributed by atoms with van der Waals surface area (Å²) in [5, 5.41) is 18.6. The number of nitrogens with zero attached hydrogens (tertiary/aromatic N) is 2. The first kappa shape index (κ1) is 26.8. The number of aryl methyl sites for hydroxylation is 1. The van der Waals surface area contributed by atoms with E-state index in [1.165, 1.54) is 12.1 Å². The summed E-state index contributed by atoms with van der Waals surface area (Å²) >= 11 is 3.38. The SMILES string of the molecule is CCc1nn(C[C@H](C)NC(=O)O)c(CC)c1S(=O)(=O)c1ccc(NC(=O)C(C)(C)C)c(Br)c1. The minimum absolute atomic E-state index is 0.0730. The van der Waals surface area contributed by atoms with Crippen LogP contribution in [0.2, 0.25) is 0 Å². The summed E-state index contributed by atoms with van der Waals surface area (Å²) in [5.41, 5.74) is 0.824. The van der Waals surface area contributed by atoms with Crippen LogP contribution in [0.1, 0.15) is 52.9 Å². The van der Waals surface area contributed by atoms with Gasteiger partial charge in [-0.2, -0.15) is 5.10 Å². The molecule has 9 nitrogen and oxygen atoms in total. The van der Waals surface area contributed by atoms with Crippen LogP contribution in [0.5, 0.6) is 0 Å². The van der Waals surface area contributed by atoms with Crippen LogP contribution >= 0.6 is 15.9 Å². The van der Waals surface area contributed by atoms with E-state index in [1.54, 1.807) is 38.4 Å². The van der Waals surface area contributed by atoms with E-state index in [9.17, 15) is 18.0 Å². The summed E-state index contributed by atoms with van der Waals surface area (Å²) in [6.45, 7) is 10.9. The van der Waals surface area contributed by atoms with Crippen molar-refractivity contribution in [3.8, 4) is 0 Å². The lowest BCUT2D eigenvalue weighted by Gasteiger charge is -2.18. The van der Waals surface area contributed by atoms with Gasteiger partial charge in [-0.25, -0.2) is 13.2 Å². The van der Waals surface area contributed by atoms with E-state index in [-0.39, 0.29) is 22.2 Å².